The zero-order chi connectivity index (χ0) is 19.7. The Morgan fingerprint density at radius 2 is 1.69 bits per heavy atom. The predicted molar refractivity (Wildman–Crippen MR) is 84.1 cm³/mol. The number of nitrogens with one attached hydrogen (secondary N) is 1. The van der Waals surface area contributed by atoms with Gasteiger partial charge in [0.15, 0.2) is 0 Å². The summed E-state index contributed by atoms with van der Waals surface area (Å²) in [6.07, 6.45) is -4.68. The lowest BCUT2D eigenvalue weighted by atomic mass is 9.91. The van der Waals surface area contributed by atoms with Crippen LogP contribution in [-0.2, 0) is 16.6 Å². The largest absolute Gasteiger partial charge is 0.419 e. The summed E-state index contributed by atoms with van der Waals surface area (Å²) in [7, 11) is 0. The van der Waals surface area contributed by atoms with Gasteiger partial charge >= 0.3 is 6.18 Å². The van der Waals surface area contributed by atoms with E-state index in [1.165, 1.54) is 19.9 Å². The molecule has 2 aromatic carbocycles. The standard InChI is InChI=1S/C18H16F5NO2/c1-17(2,26)12-5-11(6-13(19)8-12)16(24-9-25)10-3-4-15(20)14(7-10)18(21,22)23/h3-9,16,26H,1-2H3,(H,24,25)/t16-/m1/s1. The summed E-state index contributed by atoms with van der Waals surface area (Å²) in [5.74, 6) is -2.20. The van der Waals surface area contributed by atoms with Crippen molar-refractivity contribution in [1.82, 2.24) is 5.32 Å². The molecule has 0 aliphatic carbocycles. The monoisotopic (exact) mass is 373 g/mol. The molecule has 0 aliphatic rings. The molecule has 0 radical (unpaired) electrons. The molecular formula is C18H16F5NO2. The van der Waals surface area contributed by atoms with Gasteiger partial charge in [0.1, 0.15) is 11.6 Å². The van der Waals surface area contributed by atoms with Crippen LogP contribution in [0.1, 0.15) is 42.1 Å². The molecule has 2 aromatic rings. The highest BCUT2D eigenvalue weighted by Crippen LogP contribution is 2.35. The van der Waals surface area contributed by atoms with Gasteiger partial charge in [-0.15, -0.1) is 0 Å². The Morgan fingerprint density at radius 3 is 2.23 bits per heavy atom. The van der Waals surface area contributed by atoms with Crippen molar-refractivity contribution >= 4 is 6.41 Å². The van der Waals surface area contributed by atoms with Crippen LogP contribution in [-0.4, -0.2) is 11.5 Å². The number of hydrogen-bond acceptors (Lipinski definition) is 2. The Labute approximate surface area is 146 Å². The number of amides is 1. The van der Waals surface area contributed by atoms with Crippen LogP contribution in [0.4, 0.5) is 22.0 Å². The molecule has 140 valence electrons. The fourth-order valence-electron chi connectivity index (χ4n) is 2.52. The number of carbonyl (C=O) groups excluding carboxylic acids is 1. The molecule has 0 bridgehead atoms. The maximum atomic E-state index is 13.9. The molecule has 0 saturated carbocycles. The maximum absolute atomic E-state index is 13.9. The zero-order valence-electron chi connectivity index (χ0n) is 13.9. The fraction of sp³-hybridized carbons (Fsp3) is 0.278. The molecule has 2 N–H and O–H groups in total. The lowest BCUT2D eigenvalue weighted by Gasteiger charge is -2.23. The van der Waals surface area contributed by atoms with Gasteiger partial charge in [-0.2, -0.15) is 13.2 Å². The van der Waals surface area contributed by atoms with Crippen LogP contribution in [0.3, 0.4) is 0 Å². The van der Waals surface area contributed by atoms with E-state index in [0.717, 1.165) is 18.2 Å². The number of benzene rings is 2. The first kappa shape index (κ1) is 19.8. The smallest absolute Gasteiger partial charge is 0.386 e. The van der Waals surface area contributed by atoms with E-state index in [0.29, 0.717) is 12.1 Å². The van der Waals surface area contributed by atoms with Gasteiger partial charge in [-0.1, -0.05) is 12.1 Å². The third-order valence-electron chi connectivity index (χ3n) is 3.82. The van der Waals surface area contributed by atoms with Crippen LogP contribution in [0.15, 0.2) is 36.4 Å². The summed E-state index contributed by atoms with van der Waals surface area (Å²) in [5, 5.41) is 12.4. The molecule has 0 aromatic heterocycles. The minimum atomic E-state index is -4.92. The van der Waals surface area contributed by atoms with Gasteiger partial charge in [-0.3, -0.25) is 4.79 Å². The van der Waals surface area contributed by atoms with Gasteiger partial charge in [0, 0.05) is 0 Å². The van der Waals surface area contributed by atoms with Crippen molar-refractivity contribution in [3.05, 3.63) is 70.3 Å². The van der Waals surface area contributed by atoms with Crippen molar-refractivity contribution in [3.8, 4) is 0 Å². The third kappa shape index (κ3) is 4.37. The SMILES string of the molecule is CC(C)(O)c1cc(F)cc([C@H](NC=O)c2ccc(F)c(C(F)(F)F)c2)c1. The molecule has 26 heavy (non-hydrogen) atoms. The molecule has 8 heteroatoms. The number of rotatable bonds is 5. The Kier molecular flexibility index (Phi) is 5.36. The zero-order valence-corrected chi connectivity index (χ0v) is 13.9. The van der Waals surface area contributed by atoms with Crippen LogP contribution in [0.25, 0.3) is 0 Å². The van der Waals surface area contributed by atoms with Crippen LogP contribution >= 0.6 is 0 Å². The molecule has 3 nitrogen and oxygen atoms in total. The van der Waals surface area contributed by atoms with Crippen molar-refractivity contribution < 1.29 is 31.9 Å². The van der Waals surface area contributed by atoms with Gasteiger partial charge in [0.05, 0.1) is 17.2 Å². The second kappa shape index (κ2) is 7.03. The lowest BCUT2D eigenvalue weighted by Crippen LogP contribution is -2.23. The number of hydrogen-bond donors (Lipinski definition) is 2. The Bertz CT molecular complexity index is 812. The third-order valence-corrected chi connectivity index (χ3v) is 3.82. The second-order valence-corrected chi connectivity index (χ2v) is 6.29. The van der Waals surface area contributed by atoms with E-state index in [2.05, 4.69) is 5.32 Å². The molecule has 0 fully saturated rings. The van der Waals surface area contributed by atoms with E-state index >= 15 is 0 Å². The Morgan fingerprint density at radius 1 is 1.04 bits per heavy atom. The maximum Gasteiger partial charge on any atom is 0.419 e. The summed E-state index contributed by atoms with van der Waals surface area (Å²) in [4.78, 5) is 10.9. The van der Waals surface area contributed by atoms with Crippen LogP contribution in [0.2, 0.25) is 0 Å². The van der Waals surface area contributed by atoms with E-state index in [9.17, 15) is 31.9 Å². The van der Waals surface area contributed by atoms with Gasteiger partial charge in [-0.05, 0) is 54.8 Å². The fourth-order valence-corrected chi connectivity index (χ4v) is 2.52. The Balaban J connectivity index is 2.61. The summed E-state index contributed by atoms with van der Waals surface area (Å²) < 4.78 is 66.3. The average molecular weight is 373 g/mol. The Hall–Kier alpha value is -2.48. The van der Waals surface area contributed by atoms with Gasteiger partial charge in [-0.25, -0.2) is 8.78 Å². The molecule has 0 aliphatic heterocycles. The van der Waals surface area contributed by atoms with Crippen molar-refractivity contribution in [3.63, 3.8) is 0 Å². The van der Waals surface area contributed by atoms with E-state index in [1.54, 1.807) is 0 Å². The molecule has 0 spiro atoms. The first-order valence-electron chi connectivity index (χ1n) is 7.53. The quantitative estimate of drug-likeness (QED) is 0.614. The number of alkyl halides is 3. The van der Waals surface area contributed by atoms with E-state index in [4.69, 9.17) is 0 Å². The first-order chi connectivity index (χ1) is 11.9. The molecule has 0 unspecified atom stereocenters. The van der Waals surface area contributed by atoms with Crippen molar-refractivity contribution in [1.29, 1.82) is 0 Å². The number of halogens is 5. The summed E-state index contributed by atoms with van der Waals surface area (Å²) in [5.41, 5.74) is -2.72. The van der Waals surface area contributed by atoms with Gasteiger partial charge < -0.3 is 10.4 Å². The highest BCUT2D eigenvalue weighted by Gasteiger charge is 2.35. The minimum Gasteiger partial charge on any atom is -0.386 e. The second-order valence-electron chi connectivity index (χ2n) is 6.29. The molecule has 1 atom stereocenters. The molecule has 2 rings (SSSR count). The average Bonchev–Trinajstić information content (AvgIpc) is 2.51. The summed E-state index contributed by atoms with van der Waals surface area (Å²) >= 11 is 0. The van der Waals surface area contributed by atoms with Crippen LogP contribution < -0.4 is 5.32 Å². The first-order valence-corrected chi connectivity index (χ1v) is 7.53. The van der Waals surface area contributed by atoms with Crippen LogP contribution in [0, 0.1) is 11.6 Å². The van der Waals surface area contributed by atoms with Crippen molar-refractivity contribution in [2.75, 3.05) is 0 Å². The van der Waals surface area contributed by atoms with Crippen molar-refractivity contribution in [2.24, 2.45) is 0 Å². The van der Waals surface area contributed by atoms with Crippen LogP contribution in [0.5, 0.6) is 0 Å². The molecule has 0 saturated heterocycles. The number of aliphatic hydroxyl groups is 1. The summed E-state index contributed by atoms with van der Waals surface area (Å²) in [6, 6.07) is 4.56. The topological polar surface area (TPSA) is 49.3 Å². The van der Waals surface area contributed by atoms with Gasteiger partial charge in [0.25, 0.3) is 0 Å². The highest BCUT2D eigenvalue weighted by atomic mass is 19.4. The van der Waals surface area contributed by atoms with Crippen molar-refractivity contribution in [2.45, 2.75) is 31.7 Å². The predicted octanol–water partition coefficient (Wildman–Crippen LogP) is 4.05. The molecule has 1 amide bonds. The van der Waals surface area contributed by atoms with Gasteiger partial charge in [0.2, 0.25) is 6.41 Å². The highest BCUT2D eigenvalue weighted by molar-refractivity contribution is 5.51. The summed E-state index contributed by atoms with van der Waals surface area (Å²) in [6.45, 7) is 2.82. The van der Waals surface area contributed by atoms with E-state index in [-0.39, 0.29) is 23.1 Å². The lowest BCUT2D eigenvalue weighted by molar-refractivity contribution is -0.140. The molecular weight excluding hydrogens is 357 g/mol. The molecule has 0 heterocycles. The minimum absolute atomic E-state index is 0.0851. The van der Waals surface area contributed by atoms with E-state index in [1.807, 2.05) is 0 Å². The normalized spacial score (nSPS) is 13.4. The number of carbonyl (C=O) groups is 1. The van der Waals surface area contributed by atoms with E-state index < -0.39 is 35.0 Å².